The van der Waals surface area contributed by atoms with Crippen molar-refractivity contribution in [2.24, 2.45) is 5.73 Å². The summed E-state index contributed by atoms with van der Waals surface area (Å²) in [5, 5.41) is 0. The molecule has 6 heteroatoms. The lowest BCUT2D eigenvalue weighted by Gasteiger charge is -2.21. The van der Waals surface area contributed by atoms with Crippen molar-refractivity contribution in [2.75, 3.05) is 0 Å². The number of ketones is 1. The minimum atomic E-state index is -0.498. The Morgan fingerprint density at radius 2 is 1.82 bits per heavy atom. The van der Waals surface area contributed by atoms with Gasteiger partial charge in [-0.25, -0.2) is 4.39 Å². The normalized spacial score (nSPS) is 14.1. The number of Topliss-reactive ketones (excluding diaryl/α,β-unsaturated/α-hetero) is 1. The number of aromatic nitrogens is 1. The molecule has 0 amide bonds. The third-order valence-electron chi connectivity index (χ3n) is 6.30. The number of nitrogens with two attached hydrogens (primary N) is 1. The summed E-state index contributed by atoms with van der Waals surface area (Å²) in [6.45, 7) is 0.302. The summed E-state index contributed by atoms with van der Waals surface area (Å²) in [6, 6.07) is 14.5. The number of hydrogen-bond acceptors (Lipinski definition) is 5. The number of nitrogens with zero attached hydrogens (tertiary/aromatic N) is 1. The molecule has 34 heavy (non-hydrogen) atoms. The van der Waals surface area contributed by atoms with E-state index in [1.807, 2.05) is 30.3 Å². The lowest BCUT2D eigenvalue weighted by Crippen LogP contribution is -2.21. The number of esters is 1. The second kappa shape index (κ2) is 11.2. The fraction of sp³-hybridized carbons (Fsp3) is 0.321. The van der Waals surface area contributed by atoms with E-state index in [4.69, 9.17) is 10.5 Å². The molecule has 1 aliphatic carbocycles. The lowest BCUT2D eigenvalue weighted by atomic mass is 9.93. The summed E-state index contributed by atoms with van der Waals surface area (Å²) >= 11 is 0. The van der Waals surface area contributed by atoms with E-state index in [9.17, 15) is 14.0 Å². The van der Waals surface area contributed by atoms with Crippen LogP contribution in [0.2, 0.25) is 0 Å². The molecule has 2 N–H and O–H groups in total. The molecule has 1 fully saturated rings. The van der Waals surface area contributed by atoms with Crippen molar-refractivity contribution in [2.45, 2.75) is 57.6 Å². The third kappa shape index (κ3) is 5.94. The van der Waals surface area contributed by atoms with Gasteiger partial charge in [-0.15, -0.1) is 0 Å². The van der Waals surface area contributed by atoms with Crippen molar-refractivity contribution in [1.82, 2.24) is 4.98 Å². The van der Waals surface area contributed by atoms with E-state index in [0.717, 1.165) is 54.1 Å². The van der Waals surface area contributed by atoms with Crippen LogP contribution in [0.5, 0.6) is 0 Å². The van der Waals surface area contributed by atoms with Gasteiger partial charge in [-0.2, -0.15) is 0 Å². The van der Waals surface area contributed by atoms with Gasteiger partial charge in [0.15, 0.2) is 5.78 Å². The van der Waals surface area contributed by atoms with E-state index in [1.165, 1.54) is 18.7 Å². The molecule has 3 aromatic rings. The number of hydrogen-bond donors (Lipinski definition) is 1. The van der Waals surface area contributed by atoms with Crippen LogP contribution in [0, 0.1) is 5.82 Å². The predicted octanol–water partition coefficient (Wildman–Crippen LogP) is 5.19. The molecule has 0 spiro atoms. The molecule has 0 radical (unpaired) electrons. The SMILES string of the molecule is NCc1ccc(C(=O)Cc2ccncc2F)cc1-c1cccc(CC(=O)OC2CCCCC2)c1. The second-order valence-corrected chi connectivity index (χ2v) is 8.77. The summed E-state index contributed by atoms with van der Waals surface area (Å²) in [5.74, 6) is -0.906. The highest BCUT2D eigenvalue weighted by molar-refractivity contribution is 5.98. The van der Waals surface area contributed by atoms with E-state index in [1.54, 1.807) is 12.1 Å². The van der Waals surface area contributed by atoms with Gasteiger partial charge in [0.05, 0.1) is 12.6 Å². The van der Waals surface area contributed by atoms with Gasteiger partial charge in [0, 0.05) is 24.7 Å². The Bertz CT molecular complexity index is 1170. The highest BCUT2D eigenvalue weighted by Gasteiger charge is 2.18. The zero-order chi connectivity index (χ0) is 23.9. The van der Waals surface area contributed by atoms with E-state index in [0.29, 0.717) is 17.7 Å². The Hall–Kier alpha value is -3.38. The first-order chi connectivity index (χ1) is 16.5. The summed E-state index contributed by atoms with van der Waals surface area (Å²) in [5.41, 5.74) is 10.2. The molecule has 0 bridgehead atoms. The number of halogens is 1. The smallest absolute Gasteiger partial charge is 0.310 e. The molecule has 176 valence electrons. The number of ether oxygens (including phenoxy) is 1. The van der Waals surface area contributed by atoms with Crippen LogP contribution >= 0.6 is 0 Å². The zero-order valence-corrected chi connectivity index (χ0v) is 19.1. The van der Waals surface area contributed by atoms with Gasteiger partial charge in [0.2, 0.25) is 0 Å². The summed E-state index contributed by atoms with van der Waals surface area (Å²) < 4.78 is 19.6. The van der Waals surface area contributed by atoms with Crippen LogP contribution in [0.3, 0.4) is 0 Å². The highest BCUT2D eigenvalue weighted by atomic mass is 19.1. The molecule has 2 aromatic carbocycles. The maximum absolute atomic E-state index is 14.0. The van der Waals surface area contributed by atoms with Crippen LogP contribution in [0.1, 0.15) is 59.2 Å². The molecular formula is C28H29FN2O3. The Morgan fingerprint density at radius 3 is 2.59 bits per heavy atom. The molecule has 5 nitrogen and oxygen atoms in total. The van der Waals surface area contributed by atoms with Crippen LogP contribution in [0.15, 0.2) is 60.9 Å². The van der Waals surface area contributed by atoms with Crippen molar-refractivity contribution in [3.63, 3.8) is 0 Å². The van der Waals surface area contributed by atoms with Gasteiger partial charge in [-0.1, -0.05) is 42.8 Å². The van der Waals surface area contributed by atoms with E-state index in [2.05, 4.69) is 4.98 Å². The maximum Gasteiger partial charge on any atom is 0.310 e. The van der Waals surface area contributed by atoms with Crippen LogP contribution < -0.4 is 5.73 Å². The predicted molar refractivity (Wildman–Crippen MR) is 129 cm³/mol. The zero-order valence-electron chi connectivity index (χ0n) is 19.1. The fourth-order valence-corrected chi connectivity index (χ4v) is 4.45. The van der Waals surface area contributed by atoms with Crippen molar-refractivity contribution < 1.29 is 18.7 Å². The average Bonchev–Trinajstić information content (AvgIpc) is 2.85. The Balaban J connectivity index is 1.53. The first kappa shape index (κ1) is 23.8. The average molecular weight is 461 g/mol. The van der Waals surface area contributed by atoms with Crippen LogP contribution in [-0.4, -0.2) is 22.8 Å². The van der Waals surface area contributed by atoms with Crippen LogP contribution in [-0.2, 0) is 28.9 Å². The number of carbonyl (C=O) groups is 2. The summed E-state index contributed by atoms with van der Waals surface area (Å²) in [6.07, 6.45) is 8.06. The van der Waals surface area contributed by atoms with E-state index < -0.39 is 5.82 Å². The van der Waals surface area contributed by atoms with Crippen molar-refractivity contribution in [3.8, 4) is 11.1 Å². The van der Waals surface area contributed by atoms with Crippen molar-refractivity contribution >= 4 is 11.8 Å². The first-order valence-electron chi connectivity index (χ1n) is 11.8. The van der Waals surface area contributed by atoms with E-state index in [-0.39, 0.29) is 30.7 Å². The standard InChI is InChI=1S/C28H29FN2O3/c29-26-18-31-12-11-21(26)16-27(32)22-9-10-23(17-30)25(15-22)20-6-4-5-19(13-20)14-28(33)34-24-7-2-1-3-8-24/h4-6,9-13,15,18,24H,1-3,7-8,14,16-17,30H2. The van der Waals surface area contributed by atoms with Gasteiger partial charge in [-0.05, 0) is 65.6 Å². The van der Waals surface area contributed by atoms with Gasteiger partial charge in [0.25, 0.3) is 0 Å². The van der Waals surface area contributed by atoms with Gasteiger partial charge in [-0.3, -0.25) is 14.6 Å². The number of pyridine rings is 1. The molecule has 1 aliphatic rings. The summed E-state index contributed by atoms with van der Waals surface area (Å²) in [7, 11) is 0. The minimum Gasteiger partial charge on any atom is -0.462 e. The minimum absolute atomic E-state index is 0.0289. The molecule has 1 saturated carbocycles. The molecule has 0 unspecified atom stereocenters. The number of rotatable bonds is 8. The van der Waals surface area contributed by atoms with E-state index >= 15 is 0 Å². The highest BCUT2D eigenvalue weighted by Crippen LogP contribution is 2.27. The Morgan fingerprint density at radius 1 is 1.00 bits per heavy atom. The third-order valence-corrected chi connectivity index (χ3v) is 6.30. The van der Waals surface area contributed by atoms with Crippen molar-refractivity contribution in [1.29, 1.82) is 0 Å². The second-order valence-electron chi connectivity index (χ2n) is 8.77. The lowest BCUT2D eigenvalue weighted by molar-refractivity contribution is -0.149. The van der Waals surface area contributed by atoms with Gasteiger partial charge >= 0.3 is 5.97 Å². The van der Waals surface area contributed by atoms with Gasteiger partial charge in [0.1, 0.15) is 11.9 Å². The number of benzene rings is 2. The largest absolute Gasteiger partial charge is 0.462 e. The van der Waals surface area contributed by atoms with Crippen LogP contribution in [0.4, 0.5) is 4.39 Å². The molecule has 4 rings (SSSR count). The number of carbonyl (C=O) groups excluding carboxylic acids is 2. The fourth-order valence-electron chi connectivity index (χ4n) is 4.45. The quantitative estimate of drug-likeness (QED) is 0.370. The monoisotopic (exact) mass is 460 g/mol. The topological polar surface area (TPSA) is 82.3 Å². The maximum atomic E-state index is 14.0. The molecule has 0 aliphatic heterocycles. The molecule has 1 aromatic heterocycles. The molecular weight excluding hydrogens is 431 g/mol. The summed E-state index contributed by atoms with van der Waals surface area (Å²) in [4.78, 5) is 29.1. The van der Waals surface area contributed by atoms with Crippen molar-refractivity contribution in [3.05, 3.63) is 89.0 Å². The first-order valence-corrected chi connectivity index (χ1v) is 11.8. The Labute approximate surface area is 199 Å². The molecule has 1 heterocycles. The van der Waals surface area contributed by atoms with Gasteiger partial charge < -0.3 is 10.5 Å². The Kier molecular flexibility index (Phi) is 7.80. The molecule has 0 saturated heterocycles. The van der Waals surface area contributed by atoms with Crippen LogP contribution in [0.25, 0.3) is 11.1 Å². The molecule has 0 atom stereocenters.